The van der Waals surface area contributed by atoms with Gasteiger partial charge >= 0.3 is 0 Å². The smallest absolute Gasteiger partial charge is 0.0375 e. The zero-order valence-electron chi connectivity index (χ0n) is 7.09. The molecule has 0 saturated heterocycles. The van der Waals surface area contributed by atoms with Gasteiger partial charge in [0.1, 0.15) is 0 Å². The molecule has 0 amide bonds. The monoisotopic (exact) mass is 194 g/mol. The normalized spacial score (nSPS) is 10.9. The predicted molar refractivity (Wildman–Crippen MR) is 58.6 cm³/mol. The molecule has 0 radical (unpaired) electrons. The first-order chi connectivity index (χ1) is 5.70. The van der Waals surface area contributed by atoms with Crippen molar-refractivity contribution >= 4 is 34.1 Å². The van der Waals surface area contributed by atoms with Crippen LogP contribution < -0.4 is 0 Å². The van der Waals surface area contributed by atoms with Gasteiger partial charge in [0.2, 0.25) is 0 Å². The van der Waals surface area contributed by atoms with Gasteiger partial charge in [0.15, 0.2) is 0 Å². The third-order valence-corrected chi connectivity index (χ3v) is 3.68. The summed E-state index contributed by atoms with van der Waals surface area (Å²) < 4.78 is 1.39. The summed E-state index contributed by atoms with van der Waals surface area (Å²) >= 11 is 6.23. The second kappa shape index (κ2) is 2.79. The molecule has 2 rings (SSSR count). The number of hydrogen-bond donors (Lipinski definition) is 1. The Kier molecular flexibility index (Phi) is 1.89. The molecule has 0 bridgehead atoms. The van der Waals surface area contributed by atoms with Crippen LogP contribution in [-0.2, 0) is 0 Å². The number of thiophene rings is 1. The van der Waals surface area contributed by atoms with E-state index in [1.54, 1.807) is 11.3 Å². The van der Waals surface area contributed by atoms with Crippen LogP contribution in [0.1, 0.15) is 11.1 Å². The van der Waals surface area contributed by atoms with Crippen LogP contribution in [0, 0.1) is 13.8 Å². The molecule has 0 nitrogen and oxygen atoms in total. The van der Waals surface area contributed by atoms with E-state index in [0.29, 0.717) is 0 Å². The van der Waals surface area contributed by atoms with Gasteiger partial charge in [0, 0.05) is 9.60 Å². The lowest BCUT2D eigenvalue weighted by molar-refractivity contribution is 1.33. The first-order valence-electron chi connectivity index (χ1n) is 3.86. The van der Waals surface area contributed by atoms with Crippen molar-refractivity contribution in [2.45, 2.75) is 18.7 Å². The lowest BCUT2D eigenvalue weighted by Gasteiger charge is -2.03. The van der Waals surface area contributed by atoms with E-state index in [0.717, 1.165) is 4.90 Å². The fraction of sp³-hybridized carbons (Fsp3) is 0.200. The Balaban J connectivity index is 2.97. The summed E-state index contributed by atoms with van der Waals surface area (Å²) in [6, 6.07) is 4.30. The number of thiol groups is 1. The highest BCUT2D eigenvalue weighted by atomic mass is 32.1. The molecule has 1 heterocycles. The fourth-order valence-electron chi connectivity index (χ4n) is 1.43. The third-order valence-electron chi connectivity index (χ3n) is 2.16. The molecule has 0 atom stereocenters. The summed E-state index contributed by atoms with van der Waals surface area (Å²) in [4.78, 5) is 1.10. The van der Waals surface area contributed by atoms with Gasteiger partial charge in [-0.2, -0.15) is 0 Å². The van der Waals surface area contributed by atoms with Crippen molar-refractivity contribution < 1.29 is 0 Å². The molecule has 0 fully saturated rings. The topological polar surface area (TPSA) is 0 Å². The minimum Gasteiger partial charge on any atom is -0.144 e. The standard InChI is InChI=1S/C10H10S2/c1-6-5-9(11)7(2)8-3-4-12-10(6)8/h3-5,11H,1-2H3. The van der Waals surface area contributed by atoms with Crippen molar-refractivity contribution in [2.75, 3.05) is 0 Å². The Morgan fingerprint density at radius 2 is 2.08 bits per heavy atom. The Labute approximate surface area is 81.6 Å². The molecule has 2 heteroatoms. The molecule has 0 spiro atoms. The Morgan fingerprint density at radius 1 is 1.33 bits per heavy atom. The van der Waals surface area contributed by atoms with Crippen LogP contribution in [0.4, 0.5) is 0 Å². The summed E-state index contributed by atoms with van der Waals surface area (Å²) in [6.45, 7) is 4.26. The lowest BCUT2D eigenvalue weighted by atomic mass is 10.1. The third kappa shape index (κ3) is 1.06. The van der Waals surface area contributed by atoms with Crippen LogP contribution in [0.25, 0.3) is 10.1 Å². The lowest BCUT2D eigenvalue weighted by Crippen LogP contribution is -1.80. The zero-order chi connectivity index (χ0) is 8.72. The highest BCUT2D eigenvalue weighted by Gasteiger charge is 2.04. The number of benzene rings is 1. The van der Waals surface area contributed by atoms with E-state index >= 15 is 0 Å². The van der Waals surface area contributed by atoms with Gasteiger partial charge in [-0.1, -0.05) is 0 Å². The van der Waals surface area contributed by atoms with E-state index in [4.69, 9.17) is 0 Å². The van der Waals surface area contributed by atoms with Crippen LogP contribution >= 0.6 is 24.0 Å². The van der Waals surface area contributed by atoms with Crippen molar-refractivity contribution in [3.63, 3.8) is 0 Å². The van der Waals surface area contributed by atoms with Crippen molar-refractivity contribution in [1.82, 2.24) is 0 Å². The number of fused-ring (bicyclic) bond motifs is 1. The van der Waals surface area contributed by atoms with Gasteiger partial charge in [0.25, 0.3) is 0 Å². The molecule has 0 unspecified atom stereocenters. The van der Waals surface area contributed by atoms with E-state index in [1.165, 1.54) is 21.2 Å². The number of rotatable bonds is 0. The molecule has 0 N–H and O–H groups in total. The molecular formula is C10H10S2. The van der Waals surface area contributed by atoms with E-state index < -0.39 is 0 Å². The van der Waals surface area contributed by atoms with Crippen LogP contribution in [-0.4, -0.2) is 0 Å². The maximum atomic E-state index is 4.42. The first kappa shape index (κ1) is 8.14. The van der Waals surface area contributed by atoms with Crippen LogP contribution in [0.5, 0.6) is 0 Å². The van der Waals surface area contributed by atoms with Crippen LogP contribution in [0.15, 0.2) is 22.4 Å². The molecule has 0 aliphatic carbocycles. The van der Waals surface area contributed by atoms with E-state index in [1.807, 2.05) is 0 Å². The molecule has 1 aromatic carbocycles. The molecule has 12 heavy (non-hydrogen) atoms. The van der Waals surface area contributed by atoms with Gasteiger partial charge in [-0.15, -0.1) is 24.0 Å². The van der Waals surface area contributed by atoms with Gasteiger partial charge in [-0.3, -0.25) is 0 Å². The molecule has 0 saturated carbocycles. The highest BCUT2D eigenvalue weighted by Crippen LogP contribution is 2.31. The van der Waals surface area contributed by atoms with Gasteiger partial charge in [-0.05, 0) is 47.9 Å². The molecule has 0 aliphatic heterocycles. The zero-order valence-corrected chi connectivity index (χ0v) is 8.80. The minimum absolute atomic E-state index is 1.10. The van der Waals surface area contributed by atoms with E-state index in [-0.39, 0.29) is 0 Å². The largest absolute Gasteiger partial charge is 0.144 e. The maximum absolute atomic E-state index is 4.42. The average Bonchev–Trinajstić information content (AvgIpc) is 2.48. The van der Waals surface area contributed by atoms with E-state index in [2.05, 4.69) is 44.0 Å². The summed E-state index contributed by atoms with van der Waals surface area (Å²) in [7, 11) is 0. The summed E-state index contributed by atoms with van der Waals surface area (Å²) in [5.41, 5.74) is 2.62. The molecule has 2 aromatic rings. The summed E-state index contributed by atoms with van der Waals surface area (Å²) in [5, 5.41) is 3.49. The van der Waals surface area contributed by atoms with Crippen molar-refractivity contribution in [3.05, 3.63) is 28.6 Å². The van der Waals surface area contributed by atoms with Crippen molar-refractivity contribution in [3.8, 4) is 0 Å². The van der Waals surface area contributed by atoms with Crippen LogP contribution in [0.3, 0.4) is 0 Å². The van der Waals surface area contributed by atoms with Crippen molar-refractivity contribution in [2.24, 2.45) is 0 Å². The SMILES string of the molecule is Cc1c(S)cc(C)c2sccc12. The number of aryl methyl sites for hydroxylation is 2. The molecule has 1 aromatic heterocycles. The van der Waals surface area contributed by atoms with Gasteiger partial charge < -0.3 is 0 Å². The Bertz CT molecular complexity index is 427. The Morgan fingerprint density at radius 3 is 2.83 bits per heavy atom. The molecule has 0 aliphatic rings. The maximum Gasteiger partial charge on any atom is 0.0375 e. The van der Waals surface area contributed by atoms with Gasteiger partial charge in [0.05, 0.1) is 0 Å². The molecular weight excluding hydrogens is 184 g/mol. The molecule has 62 valence electrons. The van der Waals surface area contributed by atoms with E-state index in [9.17, 15) is 0 Å². The first-order valence-corrected chi connectivity index (χ1v) is 5.19. The fourth-order valence-corrected chi connectivity index (χ4v) is 2.67. The van der Waals surface area contributed by atoms with Crippen LogP contribution in [0.2, 0.25) is 0 Å². The number of hydrogen-bond acceptors (Lipinski definition) is 2. The average molecular weight is 194 g/mol. The quantitative estimate of drug-likeness (QED) is 0.606. The second-order valence-corrected chi connectivity index (χ2v) is 4.40. The minimum atomic E-state index is 1.10. The van der Waals surface area contributed by atoms with Crippen molar-refractivity contribution in [1.29, 1.82) is 0 Å². The van der Waals surface area contributed by atoms with Gasteiger partial charge in [-0.25, -0.2) is 0 Å². The Hall–Kier alpha value is -0.470. The summed E-state index contributed by atoms with van der Waals surface area (Å²) in [6.07, 6.45) is 0. The second-order valence-electron chi connectivity index (χ2n) is 3.00. The highest BCUT2D eigenvalue weighted by molar-refractivity contribution is 7.80. The predicted octanol–water partition coefficient (Wildman–Crippen LogP) is 3.81. The summed E-state index contributed by atoms with van der Waals surface area (Å²) in [5.74, 6) is 0.